The minimum Gasteiger partial charge on any atom is -0.374 e. The van der Waals surface area contributed by atoms with Gasteiger partial charge in [0.05, 0.1) is 24.3 Å². The lowest BCUT2D eigenvalue weighted by Crippen LogP contribution is -2.34. The minimum absolute atomic E-state index is 0.228. The van der Waals surface area contributed by atoms with Crippen molar-refractivity contribution in [2.45, 2.75) is 12.5 Å². The van der Waals surface area contributed by atoms with Crippen LogP contribution in [0.25, 0.3) is 0 Å². The van der Waals surface area contributed by atoms with Crippen molar-refractivity contribution in [3.63, 3.8) is 0 Å². The Hall–Kier alpha value is -2.41. The highest BCUT2D eigenvalue weighted by molar-refractivity contribution is 7.18. The number of hydrogen-bond acceptors (Lipinski definition) is 6. The number of H-pyrrole nitrogens is 1. The van der Waals surface area contributed by atoms with E-state index >= 15 is 0 Å². The molecule has 3 aromatic rings. The molecule has 3 N–H and O–H groups in total. The Kier molecular flexibility index (Phi) is 2.85. The zero-order chi connectivity index (χ0) is 14.2. The minimum atomic E-state index is 0.228. The van der Waals surface area contributed by atoms with Crippen LogP contribution in [0.4, 0.5) is 10.3 Å². The number of rotatable bonds is 2. The third kappa shape index (κ3) is 2.15. The number of aromatic amines is 1. The van der Waals surface area contributed by atoms with Crippen LogP contribution < -0.4 is 10.6 Å². The summed E-state index contributed by atoms with van der Waals surface area (Å²) in [6.07, 6.45) is 1.76. The van der Waals surface area contributed by atoms with Crippen LogP contribution in [-0.2, 0) is 6.54 Å². The maximum atomic E-state index is 5.70. The van der Waals surface area contributed by atoms with Crippen LogP contribution in [0.3, 0.4) is 0 Å². The van der Waals surface area contributed by atoms with Crippen molar-refractivity contribution in [1.82, 2.24) is 20.2 Å². The molecule has 106 valence electrons. The molecule has 1 aromatic carbocycles. The SMILES string of the molecule is Nc1nnc(N2Cc3[nH]cnc3C(c3ccccc3)C2)s1. The first-order valence-electron chi connectivity index (χ1n) is 6.72. The van der Waals surface area contributed by atoms with Crippen LogP contribution in [0.2, 0.25) is 0 Å². The molecule has 7 heteroatoms. The zero-order valence-corrected chi connectivity index (χ0v) is 12.0. The van der Waals surface area contributed by atoms with Gasteiger partial charge in [0.2, 0.25) is 10.3 Å². The van der Waals surface area contributed by atoms with Crippen molar-refractivity contribution in [2.24, 2.45) is 0 Å². The zero-order valence-electron chi connectivity index (χ0n) is 11.2. The second-order valence-corrected chi connectivity index (χ2v) is 6.02. The second-order valence-electron chi connectivity index (χ2n) is 5.03. The summed E-state index contributed by atoms with van der Waals surface area (Å²) in [5.41, 5.74) is 9.21. The first-order chi connectivity index (χ1) is 10.3. The molecule has 1 aliphatic heterocycles. The van der Waals surface area contributed by atoms with E-state index in [-0.39, 0.29) is 5.92 Å². The number of nitrogen functional groups attached to an aromatic ring is 1. The lowest BCUT2D eigenvalue weighted by molar-refractivity contribution is 0.642. The van der Waals surface area contributed by atoms with Crippen molar-refractivity contribution in [3.8, 4) is 0 Å². The molecule has 21 heavy (non-hydrogen) atoms. The first-order valence-corrected chi connectivity index (χ1v) is 7.54. The molecule has 0 saturated carbocycles. The van der Waals surface area contributed by atoms with E-state index in [1.165, 1.54) is 16.9 Å². The van der Waals surface area contributed by atoms with E-state index in [0.717, 1.165) is 29.6 Å². The Bertz CT molecular complexity index is 750. The number of benzene rings is 1. The number of nitrogens with two attached hydrogens (primary N) is 1. The molecule has 0 fully saturated rings. The molecule has 1 atom stereocenters. The number of anilines is 2. The fourth-order valence-electron chi connectivity index (χ4n) is 2.77. The summed E-state index contributed by atoms with van der Waals surface area (Å²) in [6, 6.07) is 10.4. The van der Waals surface area contributed by atoms with Gasteiger partial charge in [0.25, 0.3) is 0 Å². The fourth-order valence-corrected chi connectivity index (χ4v) is 3.39. The molecule has 3 heterocycles. The van der Waals surface area contributed by atoms with Gasteiger partial charge in [-0.1, -0.05) is 41.7 Å². The highest BCUT2D eigenvalue weighted by Gasteiger charge is 2.30. The van der Waals surface area contributed by atoms with Gasteiger partial charge in [0.15, 0.2) is 0 Å². The molecule has 1 unspecified atom stereocenters. The molecular weight excluding hydrogens is 284 g/mol. The van der Waals surface area contributed by atoms with Gasteiger partial charge in [0, 0.05) is 12.5 Å². The van der Waals surface area contributed by atoms with Crippen molar-refractivity contribution in [2.75, 3.05) is 17.2 Å². The molecule has 0 amide bonds. The number of aromatic nitrogens is 4. The summed E-state index contributed by atoms with van der Waals surface area (Å²) in [5.74, 6) is 0.228. The smallest absolute Gasteiger partial charge is 0.210 e. The van der Waals surface area contributed by atoms with Crippen LogP contribution in [-0.4, -0.2) is 26.7 Å². The quantitative estimate of drug-likeness (QED) is 0.756. The Morgan fingerprint density at radius 1 is 1.24 bits per heavy atom. The average Bonchev–Trinajstić information content (AvgIpc) is 3.15. The molecular formula is C14H14N6S. The van der Waals surface area contributed by atoms with Gasteiger partial charge in [-0.25, -0.2) is 4.98 Å². The highest BCUT2D eigenvalue weighted by atomic mass is 32.1. The second kappa shape index (κ2) is 4.85. The lowest BCUT2D eigenvalue weighted by Gasteiger charge is -2.31. The predicted octanol–water partition coefficient (Wildman–Crippen LogP) is 2.00. The average molecular weight is 298 g/mol. The number of nitrogens with zero attached hydrogens (tertiary/aromatic N) is 4. The molecule has 6 nitrogen and oxygen atoms in total. The molecule has 1 aliphatic rings. The van der Waals surface area contributed by atoms with Gasteiger partial charge in [-0.05, 0) is 5.56 Å². The first kappa shape index (κ1) is 12.3. The van der Waals surface area contributed by atoms with Crippen LogP contribution in [0.15, 0.2) is 36.7 Å². The van der Waals surface area contributed by atoms with Gasteiger partial charge < -0.3 is 15.6 Å². The number of imidazole rings is 1. The third-order valence-corrected chi connectivity index (χ3v) is 4.55. The van der Waals surface area contributed by atoms with Gasteiger partial charge in [-0.3, -0.25) is 0 Å². The van der Waals surface area contributed by atoms with E-state index < -0.39 is 0 Å². The molecule has 0 aliphatic carbocycles. The molecule has 2 aromatic heterocycles. The Balaban J connectivity index is 1.74. The van der Waals surface area contributed by atoms with Crippen molar-refractivity contribution >= 4 is 21.6 Å². The summed E-state index contributed by atoms with van der Waals surface area (Å²) in [5, 5.41) is 9.42. The van der Waals surface area contributed by atoms with Gasteiger partial charge >= 0.3 is 0 Å². The van der Waals surface area contributed by atoms with Gasteiger partial charge in [-0.2, -0.15) is 0 Å². The van der Waals surface area contributed by atoms with E-state index in [4.69, 9.17) is 5.73 Å². The van der Waals surface area contributed by atoms with Crippen molar-refractivity contribution in [3.05, 3.63) is 53.6 Å². The van der Waals surface area contributed by atoms with Crippen LogP contribution in [0.5, 0.6) is 0 Å². The highest BCUT2D eigenvalue weighted by Crippen LogP contribution is 2.35. The van der Waals surface area contributed by atoms with Gasteiger partial charge in [-0.15, -0.1) is 10.2 Å². The maximum Gasteiger partial charge on any atom is 0.210 e. The van der Waals surface area contributed by atoms with E-state index in [1.54, 1.807) is 6.33 Å². The third-order valence-electron chi connectivity index (χ3n) is 3.74. The normalized spacial score (nSPS) is 17.7. The van der Waals surface area contributed by atoms with Crippen LogP contribution >= 0.6 is 11.3 Å². The standard InChI is InChI=1S/C14H14N6S/c15-13-18-19-14(21-13)20-6-10(9-4-2-1-3-5-9)12-11(7-20)16-8-17-12/h1-5,8,10H,6-7H2,(H2,15,18)(H,16,17). The summed E-state index contributed by atoms with van der Waals surface area (Å²) in [4.78, 5) is 9.95. The van der Waals surface area contributed by atoms with Crippen molar-refractivity contribution in [1.29, 1.82) is 0 Å². The summed E-state index contributed by atoms with van der Waals surface area (Å²) in [6.45, 7) is 1.59. The Labute approximate surface area is 125 Å². The summed E-state index contributed by atoms with van der Waals surface area (Å²) < 4.78 is 0. The molecule has 0 radical (unpaired) electrons. The number of nitrogens with one attached hydrogen (secondary N) is 1. The largest absolute Gasteiger partial charge is 0.374 e. The van der Waals surface area contributed by atoms with Crippen LogP contribution in [0, 0.1) is 0 Å². The monoisotopic (exact) mass is 298 g/mol. The Morgan fingerprint density at radius 2 is 2.10 bits per heavy atom. The number of fused-ring (bicyclic) bond motifs is 1. The van der Waals surface area contributed by atoms with E-state index in [1.807, 2.05) is 6.07 Å². The fraction of sp³-hybridized carbons (Fsp3) is 0.214. The summed E-state index contributed by atoms with van der Waals surface area (Å²) >= 11 is 1.42. The predicted molar refractivity (Wildman–Crippen MR) is 82.2 cm³/mol. The molecule has 0 spiro atoms. The number of hydrogen-bond donors (Lipinski definition) is 2. The van der Waals surface area contributed by atoms with Gasteiger partial charge in [0.1, 0.15) is 0 Å². The van der Waals surface area contributed by atoms with E-state index in [9.17, 15) is 0 Å². The van der Waals surface area contributed by atoms with Crippen molar-refractivity contribution < 1.29 is 0 Å². The molecule has 4 rings (SSSR count). The van der Waals surface area contributed by atoms with Crippen LogP contribution in [0.1, 0.15) is 22.9 Å². The topological polar surface area (TPSA) is 83.7 Å². The van der Waals surface area contributed by atoms with E-state index in [0.29, 0.717) is 5.13 Å². The molecule has 0 saturated heterocycles. The Morgan fingerprint density at radius 3 is 2.86 bits per heavy atom. The summed E-state index contributed by atoms with van der Waals surface area (Å²) in [7, 11) is 0. The molecule has 0 bridgehead atoms. The maximum absolute atomic E-state index is 5.70. The van der Waals surface area contributed by atoms with E-state index in [2.05, 4.69) is 49.3 Å². The lowest BCUT2D eigenvalue weighted by atomic mass is 9.91.